The normalized spacial score (nSPS) is 16.3. The Morgan fingerprint density at radius 1 is 1.32 bits per heavy atom. The number of rotatable bonds is 1. The maximum Gasteiger partial charge on any atom is 0.178 e. The molecule has 1 aliphatic rings. The van der Waals surface area contributed by atoms with Gasteiger partial charge in [0, 0.05) is 37.6 Å². The molecule has 1 aromatic carbocycles. The second-order valence-corrected chi connectivity index (χ2v) is 5.00. The van der Waals surface area contributed by atoms with Crippen molar-refractivity contribution in [2.24, 2.45) is 0 Å². The van der Waals surface area contributed by atoms with Gasteiger partial charge in [-0.1, -0.05) is 29.7 Å². The topological polar surface area (TPSA) is 28.4 Å². The largest absolute Gasteiger partial charge is 0.446 e. The van der Waals surface area contributed by atoms with Gasteiger partial charge in [0.05, 0.1) is 11.6 Å². The van der Waals surface area contributed by atoms with Gasteiger partial charge in [-0.2, -0.15) is 0 Å². The molecule has 2 aromatic rings. The highest BCUT2D eigenvalue weighted by molar-refractivity contribution is 6.34. The first-order valence-electron chi connectivity index (χ1n) is 6.43. The van der Waals surface area contributed by atoms with Crippen molar-refractivity contribution in [3.63, 3.8) is 0 Å². The third kappa shape index (κ3) is 2.93. The van der Waals surface area contributed by atoms with Gasteiger partial charge < -0.3 is 9.73 Å². The Labute approximate surface area is 117 Å². The molecule has 0 saturated carbocycles. The fourth-order valence-corrected chi connectivity index (χ4v) is 2.42. The monoisotopic (exact) mass is 274 g/mol. The molecule has 1 fully saturated rings. The molecule has 1 aliphatic heterocycles. The van der Waals surface area contributed by atoms with E-state index in [9.17, 15) is 0 Å². The molecule has 1 N–H and O–H groups in total. The SMILES string of the molecule is Clc1cccc2cc(C#CCN3CCNCC3)oc12. The van der Waals surface area contributed by atoms with Crippen LogP contribution in [-0.2, 0) is 0 Å². The van der Waals surface area contributed by atoms with Gasteiger partial charge in [-0.15, -0.1) is 0 Å². The number of nitrogens with one attached hydrogen (secondary N) is 1. The van der Waals surface area contributed by atoms with Crippen LogP contribution in [0, 0.1) is 11.8 Å². The fraction of sp³-hybridized carbons (Fsp3) is 0.333. The van der Waals surface area contributed by atoms with Crippen molar-refractivity contribution in [3.8, 4) is 11.8 Å². The number of hydrogen-bond donors (Lipinski definition) is 1. The summed E-state index contributed by atoms with van der Waals surface area (Å²) in [5, 5.41) is 4.95. The Morgan fingerprint density at radius 2 is 2.16 bits per heavy atom. The van der Waals surface area contributed by atoms with E-state index in [1.807, 2.05) is 24.3 Å². The van der Waals surface area contributed by atoms with E-state index in [4.69, 9.17) is 16.0 Å². The zero-order valence-electron chi connectivity index (χ0n) is 10.6. The Morgan fingerprint density at radius 3 is 2.95 bits per heavy atom. The van der Waals surface area contributed by atoms with E-state index >= 15 is 0 Å². The minimum Gasteiger partial charge on any atom is -0.446 e. The van der Waals surface area contributed by atoms with Crippen molar-refractivity contribution in [1.29, 1.82) is 0 Å². The minimum absolute atomic E-state index is 0.632. The lowest BCUT2D eigenvalue weighted by Gasteiger charge is -2.24. The number of fused-ring (bicyclic) bond motifs is 1. The van der Waals surface area contributed by atoms with Crippen LogP contribution in [0.2, 0.25) is 5.02 Å². The summed E-state index contributed by atoms with van der Waals surface area (Å²) < 4.78 is 5.65. The summed E-state index contributed by atoms with van der Waals surface area (Å²) in [6.07, 6.45) is 0. The molecule has 0 bridgehead atoms. The third-order valence-corrected chi connectivity index (χ3v) is 3.52. The second kappa shape index (κ2) is 5.66. The van der Waals surface area contributed by atoms with Crippen LogP contribution in [0.3, 0.4) is 0 Å². The number of halogens is 1. The van der Waals surface area contributed by atoms with E-state index < -0.39 is 0 Å². The summed E-state index contributed by atoms with van der Waals surface area (Å²) in [4.78, 5) is 2.33. The Balaban J connectivity index is 1.73. The average Bonchev–Trinajstić information content (AvgIpc) is 2.84. The van der Waals surface area contributed by atoms with Gasteiger partial charge in [-0.3, -0.25) is 4.90 Å². The number of hydrogen-bond acceptors (Lipinski definition) is 3. The first-order valence-corrected chi connectivity index (χ1v) is 6.81. The fourth-order valence-electron chi connectivity index (χ4n) is 2.20. The van der Waals surface area contributed by atoms with Crippen LogP contribution >= 0.6 is 11.6 Å². The minimum atomic E-state index is 0.632. The van der Waals surface area contributed by atoms with Gasteiger partial charge >= 0.3 is 0 Å². The third-order valence-electron chi connectivity index (χ3n) is 3.22. The molecule has 0 amide bonds. The quantitative estimate of drug-likeness (QED) is 0.809. The molecule has 2 heterocycles. The van der Waals surface area contributed by atoms with Gasteiger partial charge in [0.15, 0.2) is 11.3 Å². The van der Waals surface area contributed by atoms with Crippen molar-refractivity contribution in [3.05, 3.63) is 35.0 Å². The lowest BCUT2D eigenvalue weighted by atomic mass is 10.2. The molecule has 3 nitrogen and oxygen atoms in total. The summed E-state index contributed by atoms with van der Waals surface area (Å²) in [5.41, 5.74) is 0.718. The molecule has 3 rings (SSSR count). The van der Waals surface area contributed by atoms with E-state index in [1.54, 1.807) is 0 Å². The predicted molar refractivity (Wildman–Crippen MR) is 77.4 cm³/mol. The number of benzene rings is 1. The van der Waals surface area contributed by atoms with Gasteiger partial charge in [-0.25, -0.2) is 0 Å². The Bertz CT molecular complexity index is 632. The zero-order chi connectivity index (χ0) is 13.1. The number of para-hydroxylation sites is 1. The van der Waals surface area contributed by atoms with Crippen molar-refractivity contribution in [2.45, 2.75) is 0 Å². The van der Waals surface area contributed by atoms with E-state index in [2.05, 4.69) is 22.1 Å². The molecule has 0 radical (unpaired) electrons. The van der Waals surface area contributed by atoms with Gasteiger partial charge in [0.1, 0.15) is 0 Å². The molecule has 1 saturated heterocycles. The lowest BCUT2D eigenvalue weighted by molar-refractivity contribution is 0.268. The van der Waals surface area contributed by atoms with E-state index in [1.165, 1.54) is 0 Å². The number of furan rings is 1. The van der Waals surface area contributed by atoms with Gasteiger partial charge in [-0.05, 0) is 12.0 Å². The predicted octanol–water partition coefficient (Wildman–Crippen LogP) is 2.34. The van der Waals surface area contributed by atoms with Crippen LogP contribution in [-0.4, -0.2) is 37.6 Å². The van der Waals surface area contributed by atoms with Crippen molar-refractivity contribution < 1.29 is 4.42 Å². The highest BCUT2D eigenvalue weighted by Gasteiger charge is 2.07. The van der Waals surface area contributed by atoms with Crippen molar-refractivity contribution in [2.75, 3.05) is 32.7 Å². The smallest absolute Gasteiger partial charge is 0.178 e. The van der Waals surface area contributed by atoms with Crippen LogP contribution in [0.15, 0.2) is 28.7 Å². The highest BCUT2D eigenvalue weighted by Crippen LogP contribution is 2.25. The van der Waals surface area contributed by atoms with Gasteiger partial charge in [0.25, 0.3) is 0 Å². The molecule has 0 aliphatic carbocycles. The Hall–Kier alpha value is -1.47. The molecule has 1 aromatic heterocycles. The molecule has 4 heteroatoms. The van der Waals surface area contributed by atoms with Crippen LogP contribution in [0.5, 0.6) is 0 Å². The first-order chi connectivity index (χ1) is 9.33. The summed E-state index contributed by atoms with van der Waals surface area (Å²) in [6.45, 7) is 4.98. The van der Waals surface area contributed by atoms with Crippen molar-refractivity contribution >= 4 is 22.6 Å². The van der Waals surface area contributed by atoms with E-state index in [0.29, 0.717) is 10.8 Å². The standard InChI is InChI=1S/C15H15ClN2O/c16-14-5-1-3-12-11-13(19-15(12)14)4-2-8-18-9-6-17-7-10-18/h1,3,5,11,17H,6-10H2. The molecule has 19 heavy (non-hydrogen) atoms. The lowest BCUT2D eigenvalue weighted by Crippen LogP contribution is -2.43. The van der Waals surface area contributed by atoms with Crippen LogP contribution in [0.25, 0.3) is 11.0 Å². The Kier molecular flexibility index (Phi) is 3.74. The van der Waals surface area contributed by atoms with E-state index in [0.717, 1.165) is 43.7 Å². The zero-order valence-corrected chi connectivity index (χ0v) is 11.3. The summed E-state index contributed by atoms with van der Waals surface area (Å²) in [6, 6.07) is 7.65. The van der Waals surface area contributed by atoms with Crippen LogP contribution in [0.4, 0.5) is 0 Å². The molecular weight excluding hydrogens is 260 g/mol. The summed E-state index contributed by atoms with van der Waals surface area (Å²) in [7, 11) is 0. The van der Waals surface area contributed by atoms with Gasteiger partial charge in [0.2, 0.25) is 0 Å². The van der Waals surface area contributed by atoms with Crippen LogP contribution in [0.1, 0.15) is 5.76 Å². The highest BCUT2D eigenvalue weighted by atomic mass is 35.5. The average molecular weight is 275 g/mol. The van der Waals surface area contributed by atoms with Crippen LogP contribution < -0.4 is 5.32 Å². The maximum atomic E-state index is 6.07. The summed E-state index contributed by atoms with van der Waals surface area (Å²) >= 11 is 6.07. The molecular formula is C15H15ClN2O. The first kappa shape index (κ1) is 12.6. The molecule has 98 valence electrons. The molecule has 0 spiro atoms. The maximum absolute atomic E-state index is 6.07. The molecule has 0 atom stereocenters. The molecule has 0 unspecified atom stereocenters. The second-order valence-electron chi connectivity index (χ2n) is 4.60. The van der Waals surface area contributed by atoms with Crippen molar-refractivity contribution in [1.82, 2.24) is 10.2 Å². The van der Waals surface area contributed by atoms with E-state index in [-0.39, 0.29) is 0 Å². The number of piperazine rings is 1. The number of nitrogens with zero attached hydrogens (tertiary/aromatic N) is 1. The summed E-state index contributed by atoms with van der Waals surface area (Å²) in [5.74, 6) is 6.91.